The van der Waals surface area contributed by atoms with Gasteiger partial charge >= 0.3 is 0 Å². The number of pyridine rings is 1. The van der Waals surface area contributed by atoms with Gasteiger partial charge in [-0.3, -0.25) is 4.98 Å². The van der Waals surface area contributed by atoms with E-state index >= 15 is 0 Å². The first-order chi connectivity index (χ1) is 6.85. The lowest BCUT2D eigenvalue weighted by molar-refractivity contribution is 1.01. The third-order valence-corrected chi connectivity index (χ3v) is 2.51. The normalized spacial score (nSPS) is 10.7. The van der Waals surface area contributed by atoms with Crippen LogP contribution in [0.5, 0.6) is 0 Å². The van der Waals surface area contributed by atoms with Gasteiger partial charge in [-0.05, 0) is 23.4 Å². The van der Waals surface area contributed by atoms with E-state index in [-0.39, 0.29) is 0 Å². The van der Waals surface area contributed by atoms with Crippen molar-refractivity contribution in [2.45, 2.75) is 19.9 Å². The van der Waals surface area contributed by atoms with Crippen LogP contribution in [0.25, 0.3) is 10.8 Å². The van der Waals surface area contributed by atoms with E-state index < -0.39 is 0 Å². The second kappa shape index (κ2) is 3.76. The van der Waals surface area contributed by atoms with Gasteiger partial charge in [0, 0.05) is 18.1 Å². The van der Waals surface area contributed by atoms with Crippen molar-refractivity contribution in [3.8, 4) is 0 Å². The fraction of sp³-hybridized carbons (Fsp3) is 0.250. The molecule has 0 saturated carbocycles. The summed E-state index contributed by atoms with van der Waals surface area (Å²) < 4.78 is 0. The predicted octanol–water partition coefficient (Wildman–Crippen LogP) is 2.26. The Labute approximate surface area is 83.8 Å². The molecule has 0 amide bonds. The number of benzene rings is 1. The standard InChI is InChI=1S/C12H14N2/c1-2-9-3-4-11-10(7-9)5-6-14-12(11)8-13/h3-7H,2,8,13H2,1H3. The van der Waals surface area contributed by atoms with Crippen molar-refractivity contribution in [3.05, 3.63) is 41.7 Å². The number of rotatable bonds is 2. The van der Waals surface area contributed by atoms with Crippen LogP contribution in [0.15, 0.2) is 30.5 Å². The molecule has 2 N–H and O–H groups in total. The summed E-state index contributed by atoms with van der Waals surface area (Å²) in [5, 5.41) is 2.41. The first-order valence-electron chi connectivity index (χ1n) is 4.91. The Morgan fingerprint density at radius 2 is 2.14 bits per heavy atom. The molecule has 0 aliphatic carbocycles. The second-order valence-electron chi connectivity index (χ2n) is 3.37. The topological polar surface area (TPSA) is 38.9 Å². The van der Waals surface area contributed by atoms with Crippen LogP contribution in [0.2, 0.25) is 0 Å². The number of aromatic nitrogens is 1. The zero-order valence-corrected chi connectivity index (χ0v) is 8.33. The molecule has 2 rings (SSSR count). The van der Waals surface area contributed by atoms with Gasteiger partial charge < -0.3 is 5.73 Å². The Bertz CT molecular complexity index is 449. The summed E-state index contributed by atoms with van der Waals surface area (Å²) in [5.41, 5.74) is 7.95. The molecule has 2 heteroatoms. The molecule has 0 saturated heterocycles. The fourth-order valence-electron chi connectivity index (χ4n) is 1.67. The van der Waals surface area contributed by atoms with Gasteiger partial charge in [0.1, 0.15) is 0 Å². The van der Waals surface area contributed by atoms with Crippen LogP contribution >= 0.6 is 0 Å². The monoisotopic (exact) mass is 186 g/mol. The summed E-state index contributed by atoms with van der Waals surface area (Å²) in [6.07, 6.45) is 2.89. The Morgan fingerprint density at radius 3 is 2.86 bits per heavy atom. The molecule has 1 aromatic carbocycles. The van der Waals surface area contributed by atoms with Crippen molar-refractivity contribution in [1.29, 1.82) is 0 Å². The highest BCUT2D eigenvalue weighted by atomic mass is 14.7. The van der Waals surface area contributed by atoms with Crippen LogP contribution in [-0.2, 0) is 13.0 Å². The van der Waals surface area contributed by atoms with Gasteiger partial charge in [-0.1, -0.05) is 25.1 Å². The van der Waals surface area contributed by atoms with Crippen molar-refractivity contribution in [1.82, 2.24) is 4.98 Å². The lowest BCUT2D eigenvalue weighted by atomic mass is 10.1. The third-order valence-electron chi connectivity index (χ3n) is 2.51. The molecule has 0 fully saturated rings. The second-order valence-corrected chi connectivity index (χ2v) is 3.37. The minimum atomic E-state index is 0.503. The number of hydrogen-bond donors (Lipinski definition) is 1. The van der Waals surface area contributed by atoms with E-state index in [9.17, 15) is 0 Å². The van der Waals surface area contributed by atoms with Gasteiger partial charge in [0.15, 0.2) is 0 Å². The largest absolute Gasteiger partial charge is 0.325 e. The van der Waals surface area contributed by atoms with Crippen LogP contribution < -0.4 is 5.73 Å². The quantitative estimate of drug-likeness (QED) is 0.781. The van der Waals surface area contributed by atoms with Crippen molar-refractivity contribution >= 4 is 10.8 Å². The number of hydrogen-bond acceptors (Lipinski definition) is 2. The van der Waals surface area contributed by atoms with E-state index in [0.29, 0.717) is 6.54 Å². The smallest absolute Gasteiger partial charge is 0.0617 e. The Morgan fingerprint density at radius 1 is 1.29 bits per heavy atom. The van der Waals surface area contributed by atoms with Crippen molar-refractivity contribution in [3.63, 3.8) is 0 Å². The maximum Gasteiger partial charge on any atom is 0.0617 e. The number of aryl methyl sites for hydroxylation is 1. The zero-order chi connectivity index (χ0) is 9.97. The summed E-state index contributed by atoms with van der Waals surface area (Å²) in [7, 11) is 0. The van der Waals surface area contributed by atoms with Crippen molar-refractivity contribution < 1.29 is 0 Å². The molecular formula is C12H14N2. The van der Waals surface area contributed by atoms with E-state index in [4.69, 9.17) is 5.73 Å². The summed E-state index contributed by atoms with van der Waals surface area (Å²) in [4.78, 5) is 4.26. The summed E-state index contributed by atoms with van der Waals surface area (Å²) in [6, 6.07) is 8.50. The lowest BCUT2D eigenvalue weighted by Gasteiger charge is -2.04. The van der Waals surface area contributed by atoms with Crippen molar-refractivity contribution in [2.75, 3.05) is 0 Å². The van der Waals surface area contributed by atoms with E-state index in [1.807, 2.05) is 12.3 Å². The van der Waals surface area contributed by atoms with Gasteiger partial charge in [0.2, 0.25) is 0 Å². The minimum absolute atomic E-state index is 0.503. The zero-order valence-electron chi connectivity index (χ0n) is 8.33. The third kappa shape index (κ3) is 1.49. The minimum Gasteiger partial charge on any atom is -0.325 e. The molecule has 0 aliphatic heterocycles. The molecule has 0 atom stereocenters. The van der Waals surface area contributed by atoms with E-state index in [2.05, 4.69) is 30.1 Å². The maximum absolute atomic E-state index is 5.62. The summed E-state index contributed by atoms with van der Waals surface area (Å²) >= 11 is 0. The lowest BCUT2D eigenvalue weighted by Crippen LogP contribution is -2.00. The summed E-state index contributed by atoms with van der Waals surface area (Å²) in [5.74, 6) is 0. The average molecular weight is 186 g/mol. The van der Waals surface area contributed by atoms with Gasteiger partial charge in [-0.25, -0.2) is 0 Å². The predicted molar refractivity (Wildman–Crippen MR) is 59.0 cm³/mol. The molecule has 0 bridgehead atoms. The average Bonchev–Trinajstić information content (AvgIpc) is 2.27. The number of nitrogens with zero attached hydrogens (tertiary/aromatic N) is 1. The maximum atomic E-state index is 5.62. The van der Waals surface area contributed by atoms with Crippen LogP contribution in [0.1, 0.15) is 18.2 Å². The molecule has 14 heavy (non-hydrogen) atoms. The van der Waals surface area contributed by atoms with E-state index in [1.54, 1.807) is 0 Å². The molecule has 2 nitrogen and oxygen atoms in total. The molecule has 1 heterocycles. The molecule has 0 unspecified atom stereocenters. The molecule has 0 spiro atoms. The Kier molecular flexibility index (Phi) is 2.46. The SMILES string of the molecule is CCc1ccc2c(CN)nccc2c1. The highest BCUT2D eigenvalue weighted by molar-refractivity contribution is 5.85. The van der Waals surface area contributed by atoms with Crippen LogP contribution in [-0.4, -0.2) is 4.98 Å². The van der Waals surface area contributed by atoms with E-state index in [1.165, 1.54) is 16.3 Å². The molecular weight excluding hydrogens is 172 g/mol. The summed E-state index contributed by atoms with van der Waals surface area (Å²) in [6.45, 7) is 2.66. The molecule has 0 aliphatic rings. The highest BCUT2D eigenvalue weighted by Crippen LogP contribution is 2.18. The first kappa shape index (κ1) is 9.16. The highest BCUT2D eigenvalue weighted by Gasteiger charge is 2.00. The molecule has 0 radical (unpaired) electrons. The van der Waals surface area contributed by atoms with Crippen LogP contribution in [0.4, 0.5) is 0 Å². The first-order valence-corrected chi connectivity index (χ1v) is 4.91. The Balaban J connectivity index is 2.67. The van der Waals surface area contributed by atoms with Crippen LogP contribution in [0.3, 0.4) is 0 Å². The fourth-order valence-corrected chi connectivity index (χ4v) is 1.67. The number of nitrogens with two attached hydrogens (primary N) is 1. The molecule has 2 aromatic rings. The van der Waals surface area contributed by atoms with Gasteiger partial charge in [0.25, 0.3) is 0 Å². The van der Waals surface area contributed by atoms with Gasteiger partial charge in [-0.2, -0.15) is 0 Å². The van der Waals surface area contributed by atoms with Gasteiger partial charge in [0.05, 0.1) is 5.69 Å². The van der Waals surface area contributed by atoms with Crippen molar-refractivity contribution in [2.24, 2.45) is 5.73 Å². The Hall–Kier alpha value is -1.41. The van der Waals surface area contributed by atoms with Gasteiger partial charge in [-0.15, -0.1) is 0 Å². The van der Waals surface area contributed by atoms with Crippen LogP contribution in [0, 0.1) is 0 Å². The number of fused-ring (bicyclic) bond motifs is 1. The molecule has 72 valence electrons. The van der Waals surface area contributed by atoms with E-state index in [0.717, 1.165) is 12.1 Å². The molecule has 1 aromatic heterocycles.